The molecular weight excluding hydrogens is 448 g/mol. The molecule has 0 saturated carbocycles. The second-order valence-corrected chi connectivity index (χ2v) is 9.70. The van der Waals surface area contributed by atoms with Gasteiger partial charge in [0.05, 0.1) is 0 Å². The Kier molecular flexibility index (Phi) is 5.33. The van der Waals surface area contributed by atoms with Gasteiger partial charge in [-0.05, 0) is 61.5 Å². The maximum Gasteiger partial charge on any atom is 0.127 e. The van der Waals surface area contributed by atoms with E-state index < -0.39 is 0 Å². The summed E-state index contributed by atoms with van der Waals surface area (Å²) < 4.78 is 6.41. The molecule has 0 aliphatic carbocycles. The van der Waals surface area contributed by atoms with E-state index in [1.807, 2.05) is 0 Å². The molecule has 0 aromatic heterocycles. The van der Waals surface area contributed by atoms with Crippen molar-refractivity contribution < 1.29 is 4.74 Å². The summed E-state index contributed by atoms with van der Waals surface area (Å²) in [5, 5.41) is 5.08. The van der Waals surface area contributed by atoms with Gasteiger partial charge < -0.3 is 4.74 Å². The van der Waals surface area contributed by atoms with Gasteiger partial charge in [0.25, 0.3) is 0 Å². The summed E-state index contributed by atoms with van der Waals surface area (Å²) in [6.45, 7) is 0. The predicted octanol–water partition coefficient (Wildman–Crippen LogP) is 9.83. The Morgan fingerprint density at radius 3 is 1.97 bits per heavy atom. The molecule has 0 fully saturated rings. The third-order valence-electron chi connectivity index (χ3n) is 7.42. The second-order valence-electron chi connectivity index (χ2n) is 9.70. The van der Waals surface area contributed by atoms with Crippen molar-refractivity contribution in [1.29, 1.82) is 0 Å². The maximum absolute atomic E-state index is 6.41. The minimum absolute atomic E-state index is 0.0541. The largest absolute Gasteiger partial charge is 0.485 e. The van der Waals surface area contributed by atoms with E-state index in [2.05, 4.69) is 140 Å². The first-order valence-electron chi connectivity index (χ1n) is 12.9. The summed E-state index contributed by atoms with van der Waals surface area (Å²) in [6, 6.07) is 47.8. The molecule has 176 valence electrons. The van der Waals surface area contributed by atoms with E-state index >= 15 is 0 Å². The van der Waals surface area contributed by atoms with Gasteiger partial charge in [-0.25, -0.2) is 0 Å². The maximum atomic E-state index is 6.41. The van der Waals surface area contributed by atoms with Gasteiger partial charge >= 0.3 is 0 Å². The molecule has 0 N–H and O–H groups in total. The Morgan fingerprint density at radius 2 is 1.14 bits per heavy atom. The van der Waals surface area contributed by atoms with E-state index in [0.29, 0.717) is 0 Å². The first-order chi connectivity index (χ1) is 18.3. The molecule has 0 spiro atoms. The van der Waals surface area contributed by atoms with Crippen LogP contribution in [0.4, 0.5) is 0 Å². The van der Waals surface area contributed by atoms with Crippen LogP contribution in [-0.2, 0) is 4.74 Å². The van der Waals surface area contributed by atoms with Gasteiger partial charge in [0, 0.05) is 12.0 Å². The molecule has 6 aromatic rings. The fraction of sp³-hybridized carbons (Fsp3) is 0.0556. The monoisotopic (exact) mass is 474 g/mol. The van der Waals surface area contributed by atoms with Crippen LogP contribution in [0.5, 0.6) is 0 Å². The lowest BCUT2D eigenvalue weighted by Crippen LogP contribution is -1.97. The van der Waals surface area contributed by atoms with Gasteiger partial charge in [-0.15, -0.1) is 0 Å². The Labute approximate surface area is 217 Å². The van der Waals surface area contributed by atoms with E-state index in [1.54, 1.807) is 0 Å². The van der Waals surface area contributed by atoms with Gasteiger partial charge in [0.15, 0.2) is 0 Å². The molecule has 0 radical (unpaired) electrons. The zero-order valence-corrected chi connectivity index (χ0v) is 20.5. The number of hydrogen-bond acceptors (Lipinski definition) is 1. The topological polar surface area (TPSA) is 9.23 Å². The van der Waals surface area contributed by atoms with Crippen molar-refractivity contribution in [2.45, 2.75) is 12.5 Å². The van der Waals surface area contributed by atoms with Crippen LogP contribution in [0.25, 0.3) is 49.6 Å². The molecule has 0 bridgehead atoms. The van der Waals surface area contributed by atoms with E-state index in [-0.39, 0.29) is 6.10 Å². The van der Waals surface area contributed by atoms with Crippen molar-refractivity contribution in [2.24, 2.45) is 0 Å². The summed E-state index contributed by atoms with van der Waals surface area (Å²) in [5.74, 6) is 0.966. The molecule has 6 aromatic carbocycles. The Hall–Kier alpha value is -4.62. The molecule has 1 nitrogen and oxygen atoms in total. The number of ether oxygens (including phenoxy) is 1. The number of benzene rings is 6. The molecule has 1 unspecified atom stereocenters. The fourth-order valence-electron chi connectivity index (χ4n) is 5.40. The van der Waals surface area contributed by atoms with Crippen molar-refractivity contribution in [3.05, 3.63) is 151 Å². The molecule has 1 heteroatoms. The molecule has 1 atom stereocenters. The van der Waals surface area contributed by atoms with E-state index in [4.69, 9.17) is 4.74 Å². The number of rotatable bonds is 4. The van der Waals surface area contributed by atoms with Crippen LogP contribution < -0.4 is 0 Å². The third-order valence-corrected chi connectivity index (χ3v) is 7.42. The number of hydrogen-bond donors (Lipinski definition) is 0. The lowest BCUT2D eigenvalue weighted by atomic mass is 9.97. The minimum atomic E-state index is 0.0541. The molecule has 0 saturated heterocycles. The Bertz CT molecular complexity index is 1750. The average Bonchev–Trinajstić information content (AvgIpc) is 3.47. The highest BCUT2D eigenvalue weighted by atomic mass is 16.5. The van der Waals surface area contributed by atoms with Gasteiger partial charge in [0.1, 0.15) is 11.9 Å². The average molecular weight is 475 g/mol. The van der Waals surface area contributed by atoms with Crippen LogP contribution in [0.3, 0.4) is 0 Å². The zero-order chi connectivity index (χ0) is 24.6. The lowest BCUT2D eigenvalue weighted by Gasteiger charge is -2.15. The summed E-state index contributed by atoms with van der Waals surface area (Å²) in [7, 11) is 0. The molecule has 7 rings (SSSR count). The summed E-state index contributed by atoms with van der Waals surface area (Å²) in [5.41, 5.74) is 7.28. The zero-order valence-electron chi connectivity index (χ0n) is 20.5. The predicted molar refractivity (Wildman–Crippen MR) is 155 cm³/mol. The van der Waals surface area contributed by atoms with Crippen LogP contribution in [0, 0.1) is 0 Å². The van der Waals surface area contributed by atoms with E-state index in [1.165, 1.54) is 49.4 Å². The van der Waals surface area contributed by atoms with Crippen molar-refractivity contribution in [2.75, 3.05) is 0 Å². The number of fused-ring (bicyclic) bond motifs is 2. The Balaban J connectivity index is 1.08. The van der Waals surface area contributed by atoms with Gasteiger partial charge in [0.2, 0.25) is 0 Å². The van der Waals surface area contributed by atoms with Gasteiger partial charge in [-0.1, -0.05) is 127 Å². The van der Waals surface area contributed by atoms with E-state index in [9.17, 15) is 0 Å². The van der Waals surface area contributed by atoms with Crippen molar-refractivity contribution in [3.8, 4) is 22.3 Å². The molecule has 1 aliphatic rings. The second kappa shape index (κ2) is 9.11. The highest BCUT2D eigenvalue weighted by Gasteiger charge is 2.21. The smallest absolute Gasteiger partial charge is 0.127 e. The minimum Gasteiger partial charge on any atom is -0.485 e. The molecule has 0 amide bonds. The summed E-state index contributed by atoms with van der Waals surface area (Å²) in [6.07, 6.45) is 3.16. The van der Waals surface area contributed by atoms with Crippen LogP contribution >= 0.6 is 0 Å². The highest BCUT2D eigenvalue weighted by Crippen LogP contribution is 2.37. The Morgan fingerprint density at radius 1 is 0.486 bits per heavy atom. The van der Waals surface area contributed by atoms with Gasteiger partial charge in [-0.3, -0.25) is 0 Å². The van der Waals surface area contributed by atoms with Crippen LogP contribution in [-0.4, -0.2) is 0 Å². The molecule has 1 heterocycles. The van der Waals surface area contributed by atoms with Crippen LogP contribution in [0.1, 0.15) is 23.7 Å². The fourth-order valence-corrected chi connectivity index (χ4v) is 5.40. The first kappa shape index (κ1) is 21.6. The van der Waals surface area contributed by atoms with E-state index in [0.717, 1.165) is 17.7 Å². The van der Waals surface area contributed by atoms with Crippen LogP contribution in [0.2, 0.25) is 0 Å². The quantitative estimate of drug-likeness (QED) is 0.247. The SMILES string of the molecule is C1=C(c2ccc(-c3cccc4ccccc34)cc2)OC(c2ccc(-c3ccc4ccccc4c3)cc2)C1. The van der Waals surface area contributed by atoms with Gasteiger partial charge in [-0.2, -0.15) is 0 Å². The third kappa shape index (κ3) is 4.09. The first-order valence-corrected chi connectivity index (χ1v) is 12.9. The molecule has 1 aliphatic heterocycles. The van der Waals surface area contributed by atoms with Crippen molar-refractivity contribution in [1.82, 2.24) is 0 Å². The summed E-state index contributed by atoms with van der Waals surface area (Å²) >= 11 is 0. The summed E-state index contributed by atoms with van der Waals surface area (Å²) in [4.78, 5) is 0. The lowest BCUT2D eigenvalue weighted by molar-refractivity contribution is 0.194. The molecule has 37 heavy (non-hydrogen) atoms. The highest BCUT2D eigenvalue weighted by molar-refractivity contribution is 5.96. The van der Waals surface area contributed by atoms with Crippen molar-refractivity contribution in [3.63, 3.8) is 0 Å². The van der Waals surface area contributed by atoms with Crippen LogP contribution in [0.15, 0.2) is 140 Å². The normalized spacial score (nSPS) is 15.0. The standard InChI is InChI=1S/C36H26O/c1-2-8-31-24-32(21-14-25(31)6-1)26-12-17-29(18-13-26)35-22-23-36(37-35)30-19-15-28(16-20-30)34-11-5-9-27-7-3-4-10-33(27)34/h1-21,23-24,35H,22H2. The van der Waals surface area contributed by atoms with Crippen molar-refractivity contribution >= 4 is 27.3 Å². The molecular formula is C36H26O.